The number of hydrogen-bond donors (Lipinski definition) is 0. The van der Waals surface area contributed by atoms with Crippen molar-refractivity contribution in [1.82, 2.24) is 9.88 Å². The fourth-order valence-corrected chi connectivity index (χ4v) is 2.70. The highest BCUT2D eigenvalue weighted by atomic mass is 16.6. The fraction of sp³-hybridized carbons (Fsp3) is 0.647. The van der Waals surface area contributed by atoms with Crippen molar-refractivity contribution >= 4 is 6.09 Å². The summed E-state index contributed by atoms with van der Waals surface area (Å²) in [4.78, 5) is 18.3. The number of amides is 1. The Labute approximate surface area is 132 Å². The number of likely N-dealkylation sites (tertiary alicyclic amines) is 1. The molecule has 1 amide bonds. The van der Waals surface area contributed by atoms with E-state index in [1.165, 1.54) is 0 Å². The molecule has 1 fully saturated rings. The van der Waals surface area contributed by atoms with Gasteiger partial charge in [-0.3, -0.25) is 4.98 Å². The Morgan fingerprint density at radius 2 is 1.86 bits per heavy atom. The Morgan fingerprint density at radius 1 is 1.27 bits per heavy atom. The molecule has 0 bridgehead atoms. The standard InChI is InChI=1S/C17H26N2O3/c1-11-7-14(8-12(2)18-11)21-15-9-13(3)19(10-15)16(20)22-17(4,5)6/h7-8,13,15H,9-10H2,1-6H3/t13-,15+/m0/s1. The van der Waals surface area contributed by atoms with Gasteiger partial charge in [0.15, 0.2) is 0 Å². The van der Waals surface area contributed by atoms with Crippen LogP contribution in [0.15, 0.2) is 12.1 Å². The summed E-state index contributed by atoms with van der Waals surface area (Å²) in [7, 11) is 0. The molecule has 1 aromatic rings. The number of carbonyl (C=O) groups excluding carboxylic acids is 1. The second-order valence-electron chi connectivity index (χ2n) is 7.04. The van der Waals surface area contributed by atoms with E-state index in [2.05, 4.69) is 4.98 Å². The van der Waals surface area contributed by atoms with Gasteiger partial charge in [-0.2, -0.15) is 0 Å². The molecule has 1 aliphatic rings. The van der Waals surface area contributed by atoms with E-state index >= 15 is 0 Å². The average Bonchev–Trinajstić information content (AvgIpc) is 2.66. The highest BCUT2D eigenvalue weighted by Crippen LogP contribution is 2.25. The molecule has 5 heteroatoms. The van der Waals surface area contributed by atoms with Crippen LogP contribution in [0.1, 0.15) is 45.5 Å². The molecule has 0 saturated carbocycles. The maximum atomic E-state index is 12.2. The average molecular weight is 306 g/mol. The van der Waals surface area contributed by atoms with Crippen LogP contribution >= 0.6 is 0 Å². The van der Waals surface area contributed by atoms with Crippen LogP contribution in [0, 0.1) is 13.8 Å². The number of carbonyl (C=O) groups is 1. The van der Waals surface area contributed by atoms with Crippen LogP contribution in [-0.2, 0) is 4.74 Å². The van der Waals surface area contributed by atoms with Gasteiger partial charge in [-0.05, 0) is 41.5 Å². The van der Waals surface area contributed by atoms with Crippen molar-refractivity contribution in [2.75, 3.05) is 6.54 Å². The Morgan fingerprint density at radius 3 is 2.41 bits per heavy atom. The first kappa shape index (κ1) is 16.6. The van der Waals surface area contributed by atoms with Crippen LogP contribution in [-0.4, -0.2) is 40.3 Å². The van der Waals surface area contributed by atoms with E-state index in [-0.39, 0.29) is 18.2 Å². The number of hydrogen-bond acceptors (Lipinski definition) is 4. The number of pyridine rings is 1. The minimum atomic E-state index is -0.477. The van der Waals surface area contributed by atoms with Crippen LogP contribution in [0.3, 0.4) is 0 Å². The third-order valence-corrected chi connectivity index (χ3v) is 3.52. The predicted octanol–water partition coefficient (Wildman–Crippen LogP) is 3.48. The van der Waals surface area contributed by atoms with Crippen LogP contribution in [0.4, 0.5) is 4.79 Å². The van der Waals surface area contributed by atoms with Gasteiger partial charge in [0.1, 0.15) is 17.5 Å². The molecule has 0 aromatic carbocycles. The summed E-state index contributed by atoms with van der Waals surface area (Å²) < 4.78 is 11.5. The van der Waals surface area contributed by atoms with Crippen molar-refractivity contribution in [1.29, 1.82) is 0 Å². The molecule has 22 heavy (non-hydrogen) atoms. The Bertz CT molecular complexity index is 531. The van der Waals surface area contributed by atoms with Crippen molar-refractivity contribution < 1.29 is 14.3 Å². The van der Waals surface area contributed by atoms with Gasteiger partial charge in [-0.1, -0.05) is 0 Å². The van der Waals surface area contributed by atoms with E-state index in [1.54, 1.807) is 4.90 Å². The zero-order valence-corrected chi connectivity index (χ0v) is 14.3. The van der Waals surface area contributed by atoms with E-state index in [0.29, 0.717) is 6.54 Å². The van der Waals surface area contributed by atoms with Crippen LogP contribution in [0.5, 0.6) is 5.75 Å². The lowest BCUT2D eigenvalue weighted by atomic mass is 10.2. The van der Waals surface area contributed by atoms with E-state index in [9.17, 15) is 4.79 Å². The summed E-state index contributed by atoms with van der Waals surface area (Å²) in [6.45, 7) is 12.1. The number of aromatic nitrogens is 1. The summed E-state index contributed by atoms with van der Waals surface area (Å²) in [5, 5.41) is 0. The van der Waals surface area contributed by atoms with Crippen molar-refractivity contribution in [2.24, 2.45) is 0 Å². The lowest BCUT2D eigenvalue weighted by Gasteiger charge is -2.26. The van der Waals surface area contributed by atoms with Gasteiger partial charge in [-0.15, -0.1) is 0 Å². The summed E-state index contributed by atoms with van der Waals surface area (Å²) in [6, 6.07) is 3.96. The summed E-state index contributed by atoms with van der Waals surface area (Å²) in [5.41, 5.74) is 1.39. The molecule has 0 radical (unpaired) electrons. The Balaban J connectivity index is 2.00. The van der Waals surface area contributed by atoms with Crippen LogP contribution in [0.2, 0.25) is 0 Å². The van der Waals surface area contributed by atoms with Crippen LogP contribution < -0.4 is 4.74 Å². The lowest BCUT2D eigenvalue weighted by Crippen LogP contribution is -2.39. The minimum Gasteiger partial charge on any atom is -0.488 e. The summed E-state index contributed by atoms with van der Waals surface area (Å²) >= 11 is 0. The first-order chi connectivity index (χ1) is 10.1. The predicted molar refractivity (Wildman–Crippen MR) is 85.1 cm³/mol. The topological polar surface area (TPSA) is 51.7 Å². The molecule has 0 unspecified atom stereocenters. The Kier molecular flexibility index (Phi) is 4.63. The molecular formula is C17H26N2O3. The molecule has 2 heterocycles. The van der Waals surface area contributed by atoms with E-state index < -0.39 is 5.60 Å². The molecular weight excluding hydrogens is 280 g/mol. The van der Waals surface area contributed by atoms with Gasteiger partial charge < -0.3 is 14.4 Å². The third-order valence-electron chi connectivity index (χ3n) is 3.52. The second-order valence-corrected chi connectivity index (χ2v) is 7.04. The zero-order chi connectivity index (χ0) is 16.5. The molecule has 0 aliphatic carbocycles. The summed E-state index contributed by atoms with van der Waals surface area (Å²) in [5.74, 6) is 0.813. The van der Waals surface area contributed by atoms with E-state index in [0.717, 1.165) is 23.6 Å². The van der Waals surface area contributed by atoms with E-state index in [4.69, 9.17) is 9.47 Å². The maximum absolute atomic E-state index is 12.2. The fourth-order valence-electron chi connectivity index (χ4n) is 2.70. The zero-order valence-electron chi connectivity index (χ0n) is 14.3. The SMILES string of the molecule is Cc1cc(O[C@@H]2C[C@H](C)N(C(=O)OC(C)(C)C)C2)cc(C)n1. The highest BCUT2D eigenvalue weighted by Gasteiger charge is 2.36. The van der Waals surface area contributed by atoms with Crippen molar-refractivity contribution in [2.45, 2.75) is 65.7 Å². The minimum absolute atomic E-state index is 0.0104. The second kappa shape index (κ2) is 6.15. The van der Waals surface area contributed by atoms with Crippen LogP contribution in [0.25, 0.3) is 0 Å². The number of ether oxygens (including phenoxy) is 2. The molecule has 1 saturated heterocycles. The first-order valence-electron chi connectivity index (χ1n) is 7.75. The van der Waals surface area contributed by atoms with Crippen molar-refractivity contribution in [3.8, 4) is 5.75 Å². The van der Waals surface area contributed by atoms with Gasteiger partial charge in [0.2, 0.25) is 0 Å². The molecule has 2 atom stereocenters. The largest absolute Gasteiger partial charge is 0.488 e. The smallest absolute Gasteiger partial charge is 0.410 e. The van der Waals surface area contributed by atoms with Crippen molar-refractivity contribution in [3.05, 3.63) is 23.5 Å². The molecule has 1 aliphatic heterocycles. The monoisotopic (exact) mass is 306 g/mol. The van der Waals surface area contributed by atoms with Gasteiger partial charge in [0.05, 0.1) is 6.54 Å². The third kappa shape index (κ3) is 4.36. The van der Waals surface area contributed by atoms with E-state index in [1.807, 2.05) is 53.7 Å². The van der Waals surface area contributed by atoms with Gasteiger partial charge in [0.25, 0.3) is 0 Å². The number of rotatable bonds is 2. The highest BCUT2D eigenvalue weighted by molar-refractivity contribution is 5.69. The molecule has 2 rings (SSSR count). The number of nitrogens with zero attached hydrogens (tertiary/aromatic N) is 2. The Hall–Kier alpha value is -1.78. The van der Waals surface area contributed by atoms with Gasteiger partial charge in [0, 0.05) is 36.0 Å². The number of aryl methyl sites for hydroxylation is 2. The summed E-state index contributed by atoms with van der Waals surface area (Å²) in [6.07, 6.45) is 0.525. The molecule has 0 spiro atoms. The van der Waals surface area contributed by atoms with Crippen molar-refractivity contribution in [3.63, 3.8) is 0 Å². The molecule has 5 nitrogen and oxygen atoms in total. The quantitative estimate of drug-likeness (QED) is 0.839. The maximum Gasteiger partial charge on any atom is 0.410 e. The molecule has 1 aromatic heterocycles. The molecule has 0 N–H and O–H groups in total. The molecule has 122 valence electrons. The normalized spacial score (nSPS) is 21.8. The van der Waals surface area contributed by atoms with Gasteiger partial charge in [-0.25, -0.2) is 4.79 Å². The lowest BCUT2D eigenvalue weighted by molar-refractivity contribution is 0.0224. The van der Waals surface area contributed by atoms with Gasteiger partial charge >= 0.3 is 6.09 Å². The first-order valence-corrected chi connectivity index (χ1v) is 7.75.